The number of ether oxygens (including phenoxy) is 1. The fraction of sp³-hybridized carbons (Fsp3) is 0.238. The molecule has 0 saturated heterocycles. The second-order valence-corrected chi connectivity index (χ2v) is 8.82. The van der Waals surface area contributed by atoms with E-state index in [2.05, 4.69) is 15.0 Å². The molecule has 0 radical (unpaired) electrons. The molecule has 30 heavy (non-hydrogen) atoms. The van der Waals surface area contributed by atoms with Gasteiger partial charge in [-0.05, 0) is 24.3 Å². The third-order valence-corrected chi connectivity index (χ3v) is 6.20. The number of rotatable bonds is 6. The standard InChI is InChI=1S/C21H22N4O4S/c1-15(26)23-17-7-9-19(10-8-17)30(27,28)22-11-18-12-25-13-20(24-21(25)14-29-18)16-5-3-2-4-6-16/h2-10,13,18,22H,11-12,14H2,1H3,(H,23,26). The molecule has 2 heterocycles. The highest BCUT2D eigenvalue weighted by Crippen LogP contribution is 2.22. The fourth-order valence-electron chi connectivity index (χ4n) is 3.27. The quantitative estimate of drug-likeness (QED) is 0.630. The molecule has 0 aliphatic carbocycles. The fourth-order valence-corrected chi connectivity index (χ4v) is 4.34. The Balaban J connectivity index is 1.39. The van der Waals surface area contributed by atoms with Gasteiger partial charge in [-0.15, -0.1) is 0 Å². The van der Waals surface area contributed by atoms with Crippen LogP contribution in [0.1, 0.15) is 12.7 Å². The molecular formula is C21H22N4O4S. The predicted octanol–water partition coefficient (Wildman–Crippen LogP) is 2.39. The first-order valence-electron chi connectivity index (χ1n) is 9.51. The molecule has 9 heteroatoms. The summed E-state index contributed by atoms with van der Waals surface area (Å²) >= 11 is 0. The summed E-state index contributed by atoms with van der Waals surface area (Å²) in [6.07, 6.45) is 1.67. The normalized spacial score (nSPS) is 16.1. The number of fused-ring (bicyclic) bond motifs is 1. The minimum absolute atomic E-state index is 0.127. The Morgan fingerprint density at radius 2 is 1.90 bits per heavy atom. The molecule has 1 unspecified atom stereocenters. The van der Waals surface area contributed by atoms with Crippen molar-refractivity contribution >= 4 is 21.6 Å². The monoisotopic (exact) mass is 426 g/mol. The number of carbonyl (C=O) groups is 1. The largest absolute Gasteiger partial charge is 0.367 e. The molecule has 1 amide bonds. The van der Waals surface area contributed by atoms with Gasteiger partial charge in [-0.2, -0.15) is 0 Å². The molecule has 1 aliphatic rings. The second-order valence-electron chi connectivity index (χ2n) is 7.05. The maximum absolute atomic E-state index is 12.6. The maximum atomic E-state index is 12.6. The molecule has 156 valence electrons. The van der Waals surface area contributed by atoms with E-state index >= 15 is 0 Å². The number of benzene rings is 2. The first-order chi connectivity index (χ1) is 14.4. The zero-order chi connectivity index (χ0) is 21.1. The van der Waals surface area contributed by atoms with Crippen molar-refractivity contribution in [3.63, 3.8) is 0 Å². The van der Waals surface area contributed by atoms with Crippen molar-refractivity contribution in [2.45, 2.75) is 31.1 Å². The molecule has 8 nitrogen and oxygen atoms in total. The Bertz CT molecular complexity index is 1140. The summed E-state index contributed by atoms with van der Waals surface area (Å²) in [5, 5.41) is 2.61. The molecule has 0 spiro atoms. The summed E-state index contributed by atoms with van der Waals surface area (Å²) in [7, 11) is -3.69. The van der Waals surface area contributed by atoms with E-state index < -0.39 is 10.0 Å². The van der Waals surface area contributed by atoms with Crippen LogP contribution < -0.4 is 10.0 Å². The smallest absolute Gasteiger partial charge is 0.240 e. The number of carbonyl (C=O) groups excluding carboxylic acids is 1. The molecular weight excluding hydrogens is 404 g/mol. The van der Waals surface area contributed by atoms with Crippen LogP contribution in [0.5, 0.6) is 0 Å². The summed E-state index contributed by atoms with van der Waals surface area (Å²) in [6, 6.07) is 15.9. The molecule has 1 aromatic heterocycles. The van der Waals surface area contributed by atoms with Gasteiger partial charge in [0.1, 0.15) is 12.4 Å². The molecule has 0 fully saturated rings. The van der Waals surface area contributed by atoms with Crippen molar-refractivity contribution in [2.75, 3.05) is 11.9 Å². The lowest BCUT2D eigenvalue weighted by atomic mass is 10.2. The Hall–Kier alpha value is -3.01. The van der Waals surface area contributed by atoms with E-state index in [0.717, 1.165) is 17.1 Å². The van der Waals surface area contributed by atoms with Gasteiger partial charge in [0.15, 0.2) is 0 Å². The van der Waals surface area contributed by atoms with Crippen LogP contribution in [0.2, 0.25) is 0 Å². The lowest BCUT2D eigenvalue weighted by Gasteiger charge is -2.24. The van der Waals surface area contributed by atoms with E-state index in [1.807, 2.05) is 41.1 Å². The van der Waals surface area contributed by atoms with Gasteiger partial charge in [-0.1, -0.05) is 30.3 Å². The molecule has 4 rings (SSSR count). The van der Waals surface area contributed by atoms with Crippen LogP contribution in [0.15, 0.2) is 65.7 Å². The summed E-state index contributed by atoms with van der Waals surface area (Å²) in [5.41, 5.74) is 2.44. The van der Waals surface area contributed by atoms with Gasteiger partial charge in [0, 0.05) is 30.9 Å². The minimum atomic E-state index is -3.69. The Morgan fingerprint density at radius 3 is 2.60 bits per heavy atom. The predicted molar refractivity (Wildman–Crippen MR) is 112 cm³/mol. The maximum Gasteiger partial charge on any atom is 0.240 e. The summed E-state index contributed by atoms with van der Waals surface area (Å²) in [6.45, 7) is 2.38. The van der Waals surface area contributed by atoms with Gasteiger partial charge in [-0.3, -0.25) is 4.79 Å². The number of anilines is 1. The zero-order valence-electron chi connectivity index (χ0n) is 16.4. The third kappa shape index (κ3) is 4.59. The summed E-state index contributed by atoms with van der Waals surface area (Å²) < 4.78 is 35.5. The molecule has 0 bridgehead atoms. The van der Waals surface area contributed by atoms with Crippen molar-refractivity contribution in [1.82, 2.24) is 14.3 Å². The molecule has 3 aromatic rings. The number of nitrogens with one attached hydrogen (secondary N) is 2. The van der Waals surface area contributed by atoms with Crippen LogP contribution in [0, 0.1) is 0 Å². The molecule has 1 aliphatic heterocycles. The first kappa shape index (κ1) is 20.3. The minimum Gasteiger partial charge on any atom is -0.367 e. The Kier molecular flexibility index (Phi) is 5.67. The SMILES string of the molecule is CC(=O)Nc1ccc(S(=O)(=O)NCC2Cn3cc(-c4ccccc4)nc3CO2)cc1. The van der Waals surface area contributed by atoms with Gasteiger partial charge < -0.3 is 14.6 Å². The lowest BCUT2D eigenvalue weighted by molar-refractivity contribution is -0.114. The van der Waals surface area contributed by atoms with Crippen LogP contribution in [0.25, 0.3) is 11.3 Å². The van der Waals surface area contributed by atoms with Crippen LogP contribution in [-0.2, 0) is 32.7 Å². The molecule has 1 atom stereocenters. The summed E-state index contributed by atoms with van der Waals surface area (Å²) in [4.78, 5) is 15.8. The highest BCUT2D eigenvalue weighted by atomic mass is 32.2. The molecule has 0 saturated carbocycles. The number of aromatic nitrogens is 2. The van der Waals surface area contributed by atoms with Crippen molar-refractivity contribution < 1.29 is 17.9 Å². The highest BCUT2D eigenvalue weighted by Gasteiger charge is 2.23. The van der Waals surface area contributed by atoms with Gasteiger partial charge >= 0.3 is 0 Å². The molecule has 2 N–H and O–H groups in total. The summed E-state index contributed by atoms with van der Waals surface area (Å²) in [5.74, 6) is 0.606. The second kappa shape index (κ2) is 8.39. The van der Waals surface area contributed by atoms with Crippen LogP contribution in [0.3, 0.4) is 0 Å². The number of hydrogen-bond donors (Lipinski definition) is 2. The van der Waals surface area contributed by atoms with Crippen molar-refractivity contribution in [1.29, 1.82) is 0 Å². The third-order valence-electron chi connectivity index (χ3n) is 4.76. The number of nitrogens with zero attached hydrogens (tertiary/aromatic N) is 2. The average molecular weight is 426 g/mol. The number of imidazole rings is 1. The van der Waals surface area contributed by atoms with Gasteiger partial charge in [0.2, 0.25) is 15.9 Å². The average Bonchev–Trinajstić information content (AvgIpc) is 3.16. The van der Waals surface area contributed by atoms with Gasteiger partial charge in [0.25, 0.3) is 0 Å². The lowest BCUT2D eigenvalue weighted by Crippen LogP contribution is -2.38. The van der Waals surface area contributed by atoms with Crippen molar-refractivity contribution in [3.8, 4) is 11.3 Å². The van der Waals surface area contributed by atoms with E-state index in [-0.39, 0.29) is 23.5 Å². The Labute approximate surface area is 175 Å². The number of sulfonamides is 1. The van der Waals surface area contributed by atoms with E-state index in [1.54, 1.807) is 12.1 Å². The van der Waals surface area contributed by atoms with Crippen molar-refractivity contribution in [2.24, 2.45) is 0 Å². The van der Waals surface area contributed by atoms with E-state index in [4.69, 9.17) is 4.74 Å². The van der Waals surface area contributed by atoms with Crippen LogP contribution >= 0.6 is 0 Å². The van der Waals surface area contributed by atoms with Crippen LogP contribution in [0.4, 0.5) is 5.69 Å². The number of amides is 1. The topological polar surface area (TPSA) is 102 Å². The van der Waals surface area contributed by atoms with E-state index in [9.17, 15) is 13.2 Å². The zero-order valence-corrected chi connectivity index (χ0v) is 17.2. The van der Waals surface area contributed by atoms with E-state index in [1.165, 1.54) is 19.1 Å². The molecule has 2 aromatic carbocycles. The Morgan fingerprint density at radius 1 is 1.17 bits per heavy atom. The van der Waals surface area contributed by atoms with Crippen LogP contribution in [-0.4, -0.2) is 36.5 Å². The van der Waals surface area contributed by atoms with Gasteiger partial charge in [-0.25, -0.2) is 18.1 Å². The van der Waals surface area contributed by atoms with Gasteiger partial charge in [0.05, 0.1) is 23.2 Å². The van der Waals surface area contributed by atoms with E-state index in [0.29, 0.717) is 18.8 Å². The number of hydrogen-bond acceptors (Lipinski definition) is 5. The highest BCUT2D eigenvalue weighted by molar-refractivity contribution is 7.89. The van der Waals surface area contributed by atoms with Crippen molar-refractivity contribution in [3.05, 3.63) is 66.6 Å². The first-order valence-corrected chi connectivity index (χ1v) is 11.0.